The molecule has 1 fully saturated rings. The normalized spacial score (nSPS) is 19.4. The van der Waals surface area contributed by atoms with Gasteiger partial charge in [-0.05, 0) is 26.0 Å². The first-order chi connectivity index (χ1) is 10.6. The molecule has 22 heavy (non-hydrogen) atoms. The highest BCUT2D eigenvalue weighted by Gasteiger charge is 2.35. The van der Waals surface area contributed by atoms with Crippen molar-refractivity contribution in [2.45, 2.75) is 44.8 Å². The molecule has 0 radical (unpaired) electrons. The monoisotopic (exact) mass is 303 g/mol. The van der Waals surface area contributed by atoms with E-state index in [2.05, 4.69) is 40.8 Å². The van der Waals surface area contributed by atoms with Gasteiger partial charge in [-0.15, -0.1) is 0 Å². The van der Waals surface area contributed by atoms with E-state index in [1.807, 2.05) is 12.1 Å². The summed E-state index contributed by atoms with van der Waals surface area (Å²) in [5, 5.41) is 14.1. The molecule has 0 spiro atoms. The van der Waals surface area contributed by atoms with Crippen LogP contribution in [0.2, 0.25) is 0 Å². The third-order valence-corrected chi connectivity index (χ3v) is 4.74. The van der Waals surface area contributed by atoms with Crippen molar-refractivity contribution in [2.75, 3.05) is 19.8 Å². The number of imidazole rings is 1. The lowest BCUT2D eigenvalue weighted by molar-refractivity contribution is -0.0815. The van der Waals surface area contributed by atoms with Crippen LogP contribution in [0.25, 0.3) is 5.65 Å². The van der Waals surface area contributed by atoms with E-state index in [1.54, 1.807) is 0 Å². The number of aryl methyl sites for hydroxylation is 1. The predicted octanol–water partition coefficient (Wildman–Crippen LogP) is 1.70. The van der Waals surface area contributed by atoms with Crippen molar-refractivity contribution in [3.8, 4) is 0 Å². The van der Waals surface area contributed by atoms with Crippen molar-refractivity contribution < 1.29 is 9.84 Å². The molecule has 0 saturated carbocycles. The molecule has 5 heteroatoms. The van der Waals surface area contributed by atoms with Gasteiger partial charge in [0.2, 0.25) is 0 Å². The Bertz CT molecular complexity index is 632. The lowest BCUT2D eigenvalue weighted by Gasteiger charge is -2.37. The molecule has 0 amide bonds. The van der Waals surface area contributed by atoms with E-state index in [1.165, 1.54) is 5.69 Å². The number of nitrogens with zero attached hydrogens (tertiary/aromatic N) is 2. The van der Waals surface area contributed by atoms with Crippen LogP contribution >= 0.6 is 0 Å². The standard InChI is InChI=1S/C17H25N3O2/c1-13-4-3-5-16-19-15(12-20(13)16)6-9-18-14(2)17(21)7-10-22-11-8-17/h3-5,12,14,18,21H,6-11H2,1-2H3. The van der Waals surface area contributed by atoms with Gasteiger partial charge in [0.1, 0.15) is 5.65 Å². The molecule has 1 aliphatic rings. The minimum atomic E-state index is -0.645. The Morgan fingerprint density at radius 3 is 2.91 bits per heavy atom. The first kappa shape index (κ1) is 15.5. The zero-order valence-corrected chi connectivity index (χ0v) is 13.4. The topological polar surface area (TPSA) is 58.8 Å². The highest BCUT2D eigenvalue weighted by atomic mass is 16.5. The Morgan fingerprint density at radius 1 is 1.41 bits per heavy atom. The quantitative estimate of drug-likeness (QED) is 0.883. The molecule has 5 nitrogen and oxygen atoms in total. The average molecular weight is 303 g/mol. The third-order valence-electron chi connectivity index (χ3n) is 4.74. The second-order valence-electron chi connectivity index (χ2n) is 6.27. The third kappa shape index (κ3) is 3.16. The van der Waals surface area contributed by atoms with Crippen molar-refractivity contribution in [1.29, 1.82) is 0 Å². The van der Waals surface area contributed by atoms with E-state index in [0.717, 1.165) is 24.3 Å². The van der Waals surface area contributed by atoms with Crippen molar-refractivity contribution in [1.82, 2.24) is 14.7 Å². The molecule has 120 valence electrons. The summed E-state index contributed by atoms with van der Waals surface area (Å²) < 4.78 is 7.45. The lowest BCUT2D eigenvalue weighted by Crippen LogP contribution is -2.52. The summed E-state index contributed by atoms with van der Waals surface area (Å²) in [6, 6.07) is 6.20. The molecule has 1 unspecified atom stereocenters. The van der Waals surface area contributed by atoms with Crippen molar-refractivity contribution >= 4 is 5.65 Å². The highest BCUT2D eigenvalue weighted by molar-refractivity contribution is 5.41. The summed E-state index contributed by atoms with van der Waals surface area (Å²) in [7, 11) is 0. The largest absolute Gasteiger partial charge is 0.388 e. The van der Waals surface area contributed by atoms with Crippen LogP contribution in [0.4, 0.5) is 0 Å². The summed E-state index contributed by atoms with van der Waals surface area (Å²) in [6.07, 6.45) is 4.36. The van der Waals surface area contributed by atoms with E-state index < -0.39 is 5.60 Å². The Balaban J connectivity index is 1.56. The van der Waals surface area contributed by atoms with Gasteiger partial charge < -0.3 is 19.6 Å². The van der Waals surface area contributed by atoms with Gasteiger partial charge in [0, 0.05) is 57.0 Å². The van der Waals surface area contributed by atoms with Gasteiger partial charge in [-0.1, -0.05) is 6.07 Å². The number of nitrogens with one attached hydrogen (secondary N) is 1. The molecule has 1 saturated heterocycles. The van der Waals surface area contributed by atoms with Crippen molar-refractivity contribution in [2.24, 2.45) is 0 Å². The number of hydrogen-bond acceptors (Lipinski definition) is 4. The van der Waals surface area contributed by atoms with Crippen molar-refractivity contribution in [3.05, 3.63) is 35.8 Å². The SMILES string of the molecule is Cc1cccc2nc(CCNC(C)C3(O)CCOCC3)cn12. The van der Waals surface area contributed by atoms with Crippen LogP contribution in [0.1, 0.15) is 31.2 Å². The van der Waals surface area contributed by atoms with Gasteiger partial charge in [0.05, 0.1) is 11.3 Å². The van der Waals surface area contributed by atoms with Crippen LogP contribution in [-0.4, -0.2) is 45.9 Å². The van der Waals surface area contributed by atoms with Crippen LogP contribution in [-0.2, 0) is 11.2 Å². The summed E-state index contributed by atoms with van der Waals surface area (Å²) >= 11 is 0. The van der Waals surface area contributed by atoms with E-state index in [9.17, 15) is 5.11 Å². The number of rotatable bonds is 5. The van der Waals surface area contributed by atoms with Gasteiger partial charge in [-0.25, -0.2) is 4.98 Å². The average Bonchev–Trinajstić information content (AvgIpc) is 2.92. The number of hydrogen-bond donors (Lipinski definition) is 2. The number of aliphatic hydroxyl groups is 1. The molecule has 1 atom stereocenters. The van der Waals surface area contributed by atoms with Gasteiger partial charge >= 0.3 is 0 Å². The second kappa shape index (κ2) is 6.36. The fraction of sp³-hybridized carbons (Fsp3) is 0.588. The summed E-state index contributed by atoms with van der Waals surface area (Å²) in [4.78, 5) is 4.64. The van der Waals surface area contributed by atoms with Crippen LogP contribution < -0.4 is 5.32 Å². The summed E-state index contributed by atoms with van der Waals surface area (Å²) in [6.45, 7) is 6.24. The zero-order valence-electron chi connectivity index (χ0n) is 13.4. The fourth-order valence-corrected chi connectivity index (χ4v) is 3.08. The summed E-state index contributed by atoms with van der Waals surface area (Å²) in [5.74, 6) is 0. The van der Waals surface area contributed by atoms with Crippen LogP contribution in [0.15, 0.2) is 24.4 Å². The number of fused-ring (bicyclic) bond motifs is 1. The molecule has 3 heterocycles. The van der Waals surface area contributed by atoms with E-state index in [4.69, 9.17) is 4.74 Å². The van der Waals surface area contributed by atoms with Crippen LogP contribution in [0, 0.1) is 6.92 Å². The predicted molar refractivity (Wildman–Crippen MR) is 86.1 cm³/mol. The van der Waals surface area contributed by atoms with Crippen molar-refractivity contribution in [3.63, 3.8) is 0 Å². The van der Waals surface area contributed by atoms with Gasteiger partial charge in [-0.2, -0.15) is 0 Å². The molecule has 0 aromatic carbocycles. The minimum absolute atomic E-state index is 0.0650. The van der Waals surface area contributed by atoms with Crippen LogP contribution in [0.5, 0.6) is 0 Å². The van der Waals surface area contributed by atoms with E-state index in [0.29, 0.717) is 26.1 Å². The maximum absolute atomic E-state index is 10.6. The molecule has 0 aliphatic carbocycles. The Kier molecular flexibility index (Phi) is 4.47. The summed E-state index contributed by atoms with van der Waals surface area (Å²) in [5.41, 5.74) is 2.61. The second-order valence-corrected chi connectivity index (χ2v) is 6.27. The molecule has 2 aromatic rings. The Morgan fingerprint density at radius 2 is 2.18 bits per heavy atom. The number of pyridine rings is 1. The zero-order chi connectivity index (χ0) is 15.6. The van der Waals surface area contributed by atoms with E-state index in [-0.39, 0.29) is 6.04 Å². The maximum atomic E-state index is 10.6. The molecule has 0 bridgehead atoms. The maximum Gasteiger partial charge on any atom is 0.137 e. The number of aromatic nitrogens is 2. The molecule has 1 aliphatic heterocycles. The fourth-order valence-electron chi connectivity index (χ4n) is 3.08. The highest BCUT2D eigenvalue weighted by Crippen LogP contribution is 2.24. The first-order valence-electron chi connectivity index (χ1n) is 8.06. The number of ether oxygens (including phenoxy) is 1. The Labute approximate surface area is 131 Å². The lowest BCUT2D eigenvalue weighted by atomic mass is 9.87. The Hall–Kier alpha value is -1.43. The molecular weight excluding hydrogens is 278 g/mol. The molecule has 2 N–H and O–H groups in total. The smallest absolute Gasteiger partial charge is 0.137 e. The molecule has 3 rings (SSSR count). The van der Waals surface area contributed by atoms with Gasteiger partial charge in [0.25, 0.3) is 0 Å². The molecule has 2 aromatic heterocycles. The minimum Gasteiger partial charge on any atom is -0.388 e. The van der Waals surface area contributed by atoms with Crippen LogP contribution in [0.3, 0.4) is 0 Å². The van der Waals surface area contributed by atoms with Gasteiger partial charge in [-0.3, -0.25) is 0 Å². The first-order valence-corrected chi connectivity index (χ1v) is 8.06. The molecular formula is C17H25N3O2. The van der Waals surface area contributed by atoms with Gasteiger partial charge in [0.15, 0.2) is 0 Å². The van der Waals surface area contributed by atoms with E-state index >= 15 is 0 Å².